The number of aryl methyl sites for hydroxylation is 2. The molecule has 0 atom stereocenters. The van der Waals surface area contributed by atoms with Gasteiger partial charge in [0.05, 0.1) is 6.54 Å². The molecule has 8 heteroatoms. The lowest BCUT2D eigenvalue weighted by Crippen LogP contribution is -2.26. The first kappa shape index (κ1) is 23.6. The number of H-pyrrole nitrogens is 1. The average Bonchev–Trinajstić information content (AvgIpc) is 3.51. The highest BCUT2D eigenvalue weighted by atomic mass is 16.2. The van der Waals surface area contributed by atoms with Gasteiger partial charge in [-0.3, -0.25) is 4.57 Å². The fourth-order valence-electron chi connectivity index (χ4n) is 4.28. The van der Waals surface area contributed by atoms with Crippen LogP contribution >= 0.6 is 0 Å². The summed E-state index contributed by atoms with van der Waals surface area (Å²) in [5, 5.41) is 18.9. The molecular weight excluding hydrogens is 426 g/mol. The van der Waals surface area contributed by atoms with Gasteiger partial charge in [0, 0.05) is 18.5 Å². The number of aromatic nitrogens is 7. The second-order valence-electron chi connectivity index (χ2n) is 8.62. The van der Waals surface area contributed by atoms with Crippen LogP contribution in [0.3, 0.4) is 0 Å². The van der Waals surface area contributed by atoms with E-state index in [4.69, 9.17) is 0 Å². The highest BCUT2D eigenvalue weighted by Gasteiger charge is 2.13. The van der Waals surface area contributed by atoms with Crippen LogP contribution in [0.25, 0.3) is 22.5 Å². The van der Waals surface area contributed by atoms with Crippen molar-refractivity contribution in [1.29, 1.82) is 0 Å². The Morgan fingerprint density at radius 2 is 1.62 bits per heavy atom. The van der Waals surface area contributed by atoms with Crippen LogP contribution in [0.2, 0.25) is 0 Å². The summed E-state index contributed by atoms with van der Waals surface area (Å²) < 4.78 is 3.45. The van der Waals surface area contributed by atoms with Crippen LogP contribution in [-0.4, -0.2) is 35.0 Å². The maximum absolute atomic E-state index is 13.0. The second kappa shape index (κ2) is 11.5. The average molecular weight is 460 g/mol. The van der Waals surface area contributed by atoms with Crippen molar-refractivity contribution < 1.29 is 0 Å². The van der Waals surface area contributed by atoms with Gasteiger partial charge in [-0.05, 0) is 33.5 Å². The monoisotopic (exact) mass is 459 g/mol. The minimum absolute atomic E-state index is 0.0161. The number of hydrogen-bond donors (Lipinski definition) is 1. The molecule has 0 bridgehead atoms. The number of rotatable bonds is 12. The zero-order valence-electron chi connectivity index (χ0n) is 20.1. The summed E-state index contributed by atoms with van der Waals surface area (Å²) in [6.45, 7) is 5.48. The van der Waals surface area contributed by atoms with Gasteiger partial charge in [0.25, 0.3) is 0 Å². The molecule has 178 valence electrons. The summed E-state index contributed by atoms with van der Waals surface area (Å²) in [5.41, 5.74) is 4.11. The highest BCUT2D eigenvalue weighted by molar-refractivity contribution is 5.80. The van der Waals surface area contributed by atoms with Crippen molar-refractivity contribution in [1.82, 2.24) is 35.0 Å². The molecular formula is C26H33N7O. The van der Waals surface area contributed by atoms with Gasteiger partial charge in [-0.2, -0.15) is 5.10 Å². The first-order valence-electron chi connectivity index (χ1n) is 12.3. The van der Waals surface area contributed by atoms with Gasteiger partial charge in [0.1, 0.15) is 5.82 Å². The maximum Gasteiger partial charge on any atom is 0.346 e. The van der Waals surface area contributed by atoms with Gasteiger partial charge in [-0.25, -0.2) is 14.6 Å². The van der Waals surface area contributed by atoms with Gasteiger partial charge < -0.3 is 0 Å². The second-order valence-corrected chi connectivity index (χ2v) is 8.62. The lowest BCUT2D eigenvalue weighted by molar-refractivity contribution is 0.510. The Kier molecular flexibility index (Phi) is 8.01. The number of unbranched alkanes of at least 4 members (excludes halogenated alkanes) is 5. The summed E-state index contributed by atoms with van der Waals surface area (Å²) in [6, 6.07) is 16.3. The summed E-state index contributed by atoms with van der Waals surface area (Å²) >= 11 is 0. The van der Waals surface area contributed by atoms with Crippen LogP contribution in [0.4, 0.5) is 0 Å². The van der Waals surface area contributed by atoms with Gasteiger partial charge in [-0.15, -0.1) is 5.10 Å². The number of aromatic amines is 1. The maximum atomic E-state index is 13.0. The van der Waals surface area contributed by atoms with E-state index in [1.165, 1.54) is 25.7 Å². The Bertz CT molecular complexity index is 1220. The molecule has 8 nitrogen and oxygen atoms in total. The van der Waals surface area contributed by atoms with Crippen molar-refractivity contribution in [3.05, 3.63) is 70.4 Å². The Hall–Kier alpha value is -3.55. The molecule has 4 aromatic rings. The van der Waals surface area contributed by atoms with Crippen molar-refractivity contribution in [3.63, 3.8) is 0 Å². The summed E-state index contributed by atoms with van der Waals surface area (Å²) in [6.07, 6.45) is 7.91. The molecule has 2 heterocycles. The normalized spacial score (nSPS) is 11.2. The molecule has 0 aliphatic heterocycles. The molecule has 0 aliphatic rings. The van der Waals surface area contributed by atoms with E-state index in [9.17, 15) is 4.79 Å². The van der Waals surface area contributed by atoms with Gasteiger partial charge >= 0.3 is 5.69 Å². The number of benzene rings is 2. The van der Waals surface area contributed by atoms with Crippen molar-refractivity contribution in [2.75, 3.05) is 0 Å². The van der Waals surface area contributed by atoms with E-state index < -0.39 is 0 Å². The molecule has 0 spiro atoms. The zero-order chi connectivity index (χ0) is 23.8. The quantitative estimate of drug-likeness (QED) is 0.305. The van der Waals surface area contributed by atoms with E-state index in [1.807, 2.05) is 25.1 Å². The van der Waals surface area contributed by atoms with Crippen LogP contribution in [0, 0.1) is 0 Å². The smallest absolute Gasteiger partial charge is 0.274 e. The molecule has 0 amide bonds. The van der Waals surface area contributed by atoms with Crippen LogP contribution in [0.5, 0.6) is 0 Å². The van der Waals surface area contributed by atoms with Crippen LogP contribution in [0.1, 0.15) is 63.8 Å². The number of nitrogens with one attached hydrogen (secondary N) is 1. The molecule has 34 heavy (non-hydrogen) atoms. The fourth-order valence-corrected chi connectivity index (χ4v) is 4.28. The van der Waals surface area contributed by atoms with Gasteiger partial charge in [0.15, 0.2) is 5.82 Å². The van der Waals surface area contributed by atoms with E-state index in [0.717, 1.165) is 47.3 Å². The van der Waals surface area contributed by atoms with Gasteiger partial charge in [0.2, 0.25) is 0 Å². The van der Waals surface area contributed by atoms with E-state index in [-0.39, 0.29) is 5.69 Å². The number of hydrogen-bond acceptors (Lipinski definition) is 5. The number of nitrogens with zero attached hydrogens (tertiary/aromatic N) is 6. The predicted molar refractivity (Wildman–Crippen MR) is 133 cm³/mol. The Morgan fingerprint density at radius 3 is 2.32 bits per heavy atom. The highest BCUT2D eigenvalue weighted by Crippen LogP contribution is 2.29. The Balaban J connectivity index is 1.47. The van der Waals surface area contributed by atoms with Crippen molar-refractivity contribution >= 4 is 0 Å². The molecule has 0 aliphatic carbocycles. The van der Waals surface area contributed by atoms with Crippen LogP contribution in [-0.2, 0) is 19.5 Å². The molecule has 0 fully saturated rings. The third-order valence-corrected chi connectivity index (χ3v) is 6.17. The molecule has 4 rings (SSSR count). The van der Waals surface area contributed by atoms with Crippen molar-refractivity contribution in [2.24, 2.45) is 0 Å². The fraction of sp³-hybridized carbons (Fsp3) is 0.423. The number of tetrazole rings is 1. The van der Waals surface area contributed by atoms with Crippen molar-refractivity contribution in [3.8, 4) is 22.5 Å². The SMILES string of the molecule is CCCCCCCCn1nc(CC)n(Cc2ccc(-c3ccccc3-c3nnn[nH]3)cc2)c1=O. The van der Waals surface area contributed by atoms with Crippen LogP contribution in [0.15, 0.2) is 53.3 Å². The topological polar surface area (TPSA) is 94.3 Å². The van der Waals surface area contributed by atoms with E-state index in [1.54, 1.807) is 9.25 Å². The predicted octanol–water partition coefficient (Wildman–Crippen LogP) is 4.86. The lowest BCUT2D eigenvalue weighted by atomic mass is 9.98. The largest absolute Gasteiger partial charge is 0.346 e. The third kappa shape index (κ3) is 5.50. The molecule has 2 aromatic carbocycles. The summed E-state index contributed by atoms with van der Waals surface area (Å²) in [4.78, 5) is 13.0. The molecule has 0 radical (unpaired) electrons. The first-order valence-corrected chi connectivity index (χ1v) is 12.3. The van der Waals surface area contributed by atoms with Crippen molar-refractivity contribution in [2.45, 2.75) is 71.9 Å². The molecule has 0 saturated carbocycles. The summed E-state index contributed by atoms with van der Waals surface area (Å²) in [5.74, 6) is 1.47. The third-order valence-electron chi connectivity index (χ3n) is 6.17. The van der Waals surface area contributed by atoms with E-state index in [2.05, 4.69) is 63.0 Å². The van der Waals surface area contributed by atoms with E-state index >= 15 is 0 Å². The molecule has 2 aromatic heterocycles. The Labute approximate surface area is 200 Å². The molecule has 0 unspecified atom stereocenters. The van der Waals surface area contributed by atoms with Crippen LogP contribution < -0.4 is 5.69 Å². The van der Waals surface area contributed by atoms with E-state index in [0.29, 0.717) is 18.9 Å². The molecule has 0 saturated heterocycles. The minimum Gasteiger partial charge on any atom is -0.274 e. The standard InChI is InChI=1S/C26H33N7O/c1-3-5-6-7-8-11-18-33-26(34)32(24(4-2)29-33)19-20-14-16-21(17-15-20)22-12-9-10-13-23(22)25-27-30-31-28-25/h9-10,12-17H,3-8,11,18-19H2,1-2H3,(H,27,28,30,31). The lowest BCUT2D eigenvalue weighted by Gasteiger charge is -2.09. The molecule has 1 N–H and O–H groups in total. The zero-order valence-corrected chi connectivity index (χ0v) is 20.1. The first-order chi connectivity index (χ1) is 16.7. The summed E-state index contributed by atoms with van der Waals surface area (Å²) in [7, 11) is 0. The minimum atomic E-state index is -0.0161. The Morgan fingerprint density at radius 1 is 0.882 bits per heavy atom. The van der Waals surface area contributed by atoms with Gasteiger partial charge in [-0.1, -0.05) is 94.5 Å².